The Hall–Kier alpha value is -2.70. The van der Waals surface area contributed by atoms with E-state index in [2.05, 4.69) is 12.2 Å². The van der Waals surface area contributed by atoms with Crippen molar-refractivity contribution in [2.45, 2.75) is 26.3 Å². The molecule has 2 aromatic rings. The molecule has 0 aromatic heterocycles. The van der Waals surface area contributed by atoms with Gasteiger partial charge in [-0.2, -0.15) is 0 Å². The number of nitrogens with zero attached hydrogens (tertiary/aromatic N) is 1. The maximum absolute atomic E-state index is 13.0. The normalized spacial score (nSPS) is 16.2. The van der Waals surface area contributed by atoms with Gasteiger partial charge in [-0.15, -0.1) is 0 Å². The minimum Gasteiger partial charge on any atom is -0.487 e. The molecule has 1 aliphatic rings. The fraction of sp³-hybridized carbons (Fsp3) is 0.304. The Balaban J connectivity index is 2.05. The highest BCUT2D eigenvalue weighted by Crippen LogP contribution is 2.35. The summed E-state index contributed by atoms with van der Waals surface area (Å²) in [6.45, 7) is 3.97. The molecule has 0 saturated carbocycles. The first-order valence-corrected chi connectivity index (χ1v) is 10.7. The second-order valence-corrected chi connectivity index (χ2v) is 7.82. The van der Waals surface area contributed by atoms with Crippen LogP contribution in [-0.2, 0) is 16.0 Å². The molecule has 31 heavy (non-hydrogen) atoms. The van der Waals surface area contributed by atoms with Crippen molar-refractivity contribution >= 4 is 35.2 Å². The number of carbonyl (C=O) groups excluding carboxylic acids is 2. The Morgan fingerprint density at radius 1 is 1.16 bits per heavy atom. The van der Waals surface area contributed by atoms with E-state index in [4.69, 9.17) is 32.7 Å². The van der Waals surface area contributed by atoms with Crippen LogP contribution in [0.5, 0.6) is 5.75 Å². The summed E-state index contributed by atoms with van der Waals surface area (Å²) >= 11 is 12.4. The predicted octanol–water partition coefficient (Wildman–Crippen LogP) is 5.15. The Morgan fingerprint density at radius 3 is 2.61 bits per heavy atom. The van der Waals surface area contributed by atoms with Crippen molar-refractivity contribution in [3.05, 3.63) is 74.9 Å². The van der Waals surface area contributed by atoms with E-state index in [1.807, 2.05) is 24.3 Å². The van der Waals surface area contributed by atoms with Crippen LogP contribution in [0.2, 0.25) is 10.0 Å². The second-order valence-electron chi connectivity index (χ2n) is 6.98. The predicted molar refractivity (Wildman–Crippen MR) is 120 cm³/mol. The zero-order chi connectivity index (χ0) is 22.5. The first kappa shape index (κ1) is 23.0. The molecule has 0 aliphatic carbocycles. The number of hydrogen-bond donors (Lipinski definition) is 1. The fourth-order valence-electron chi connectivity index (χ4n) is 3.36. The number of hydrogen-bond acceptors (Lipinski definition) is 4. The molecule has 0 bridgehead atoms. The van der Waals surface area contributed by atoms with Crippen molar-refractivity contribution in [3.63, 3.8) is 0 Å². The van der Waals surface area contributed by atoms with E-state index in [1.54, 1.807) is 32.2 Å². The van der Waals surface area contributed by atoms with Gasteiger partial charge in [0.1, 0.15) is 12.4 Å². The maximum atomic E-state index is 13.0. The molecule has 2 amide bonds. The van der Waals surface area contributed by atoms with Crippen LogP contribution in [0.3, 0.4) is 0 Å². The van der Waals surface area contributed by atoms with Crippen molar-refractivity contribution in [1.29, 1.82) is 0 Å². The van der Waals surface area contributed by atoms with Gasteiger partial charge in [0.05, 0.1) is 23.9 Å². The van der Waals surface area contributed by atoms with Crippen molar-refractivity contribution < 1.29 is 19.1 Å². The average Bonchev–Trinajstić information content (AvgIpc) is 2.74. The van der Waals surface area contributed by atoms with Gasteiger partial charge in [0.15, 0.2) is 0 Å². The highest BCUT2D eigenvalue weighted by Gasteiger charge is 2.38. The van der Waals surface area contributed by atoms with Crippen LogP contribution >= 0.6 is 23.2 Å². The third-order valence-corrected chi connectivity index (χ3v) is 5.59. The Morgan fingerprint density at radius 2 is 1.94 bits per heavy atom. The summed E-state index contributed by atoms with van der Waals surface area (Å²) in [5.41, 5.74) is 2.33. The Kier molecular flexibility index (Phi) is 7.46. The van der Waals surface area contributed by atoms with Crippen LogP contribution in [0, 0.1) is 0 Å². The molecule has 0 radical (unpaired) electrons. The van der Waals surface area contributed by atoms with Gasteiger partial charge in [-0.1, -0.05) is 48.3 Å². The number of halogens is 2. The fourth-order valence-corrected chi connectivity index (χ4v) is 3.87. The van der Waals surface area contributed by atoms with E-state index >= 15 is 0 Å². The standard InChI is InChI=1S/C23H24Cl2N2O4/c1-4-14-7-6-8-16(11-14)31-13-19-20(22(28)30-5-2)21(26-23(29)27(19)3)17-10-9-15(24)12-18(17)25/h6-12,21H,4-5,13H2,1-3H3,(H,26,29)/t21-/m0/s1. The minimum atomic E-state index is -0.798. The second kappa shape index (κ2) is 10.1. The topological polar surface area (TPSA) is 67.9 Å². The number of amides is 2. The molecule has 2 aromatic carbocycles. The van der Waals surface area contributed by atoms with Crippen LogP contribution < -0.4 is 10.1 Å². The SMILES string of the molecule is CCOC(=O)C1=C(COc2cccc(CC)c2)N(C)C(=O)N[C@H]1c1ccc(Cl)cc1Cl. The lowest BCUT2D eigenvalue weighted by atomic mass is 9.94. The lowest BCUT2D eigenvalue weighted by molar-refractivity contribution is -0.139. The number of nitrogens with one attached hydrogen (secondary N) is 1. The van der Waals surface area contributed by atoms with Crippen LogP contribution in [0.4, 0.5) is 4.79 Å². The van der Waals surface area contributed by atoms with Gasteiger partial charge in [-0.3, -0.25) is 4.90 Å². The van der Waals surface area contributed by atoms with Crippen molar-refractivity contribution in [2.75, 3.05) is 20.3 Å². The summed E-state index contributed by atoms with van der Waals surface area (Å²) in [5, 5.41) is 3.61. The van der Waals surface area contributed by atoms with Gasteiger partial charge in [-0.05, 0) is 48.7 Å². The number of rotatable bonds is 7. The summed E-state index contributed by atoms with van der Waals surface area (Å²) in [5.74, 6) is 0.0989. The zero-order valence-electron chi connectivity index (χ0n) is 17.6. The van der Waals surface area contributed by atoms with E-state index in [0.29, 0.717) is 27.1 Å². The summed E-state index contributed by atoms with van der Waals surface area (Å²) < 4.78 is 11.3. The molecular weight excluding hydrogens is 439 g/mol. The molecular formula is C23H24Cl2N2O4. The van der Waals surface area contributed by atoms with Gasteiger partial charge in [0.25, 0.3) is 0 Å². The lowest BCUT2D eigenvalue weighted by Crippen LogP contribution is -2.48. The van der Waals surface area contributed by atoms with Crippen molar-refractivity contribution in [1.82, 2.24) is 10.2 Å². The number of aryl methyl sites for hydroxylation is 1. The molecule has 1 aliphatic heterocycles. The smallest absolute Gasteiger partial charge is 0.338 e. The third kappa shape index (κ3) is 5.14. The van der Waals surface area contributed by atoms with Crippen molar-refractivity contribution in [3.8, 4) is 5.75 Å². The van der Waals surface area contributed by atoms with Crippen molar-refractivity contribution in [2.24, 2.45) is 0 Å². The molecule has 1 N–H and O–H groups in total. The molecule has 0 unspecified atom stereocenters. The summed E-state index contributed by atoms with van der Waals surface area (Å²) in [4.78, 5) is 27.0. The zero-order valence-corrected chi connectivity index (χ0v) is 19.1. The van der Waals surface area contributed by atoms with Crippen LogP contribution in [0.25, 0.3) is 0 Å². The monoisotopic (exact) mass is 462 g/mol. The Labute approximate surface area is 191 Å². The summed E-state index contributed by atoms with van der Waals surface area (Å²) in [6.07, 6.45) is 0.868. The van der Waals surface area contributed by atoms with E-state index in [0.717, 1.165) is 12.0 Å². The molecule has 1 heterocycles. The minimum absolute atomic E-state index is 0.00689. The molecule has 6 nitrogen and oxygen atoms in total. The van der Waals surface area contributed by atoms with E-state index < -0.39 is 12.0 Å². The van der Waals surface area contributed by atoms with Gasteiger partial charge in [-0.25, -0.2) is 9.59 Å². The van der Waals surface area contributed by atoms with Gasteiger partial charge < -0.3 is 14.8 Å². The summed E-state index contributed by atoms with van der Waals surface area (Å²) in [7, 11) is 1.58. The highest BCUT2D eigenvalue weighted by atomic mass is 35.5. The van der Waals surface area contributed by atoms with E-state index in [-0.39, 0.29) is 24.8 Å². The molecule has 1 atom stereocenters. The summed E-state index contributed by atoms with van der Waals surface area (Å²) in [6, 6.07) is 11.4. The lowest BCUT2D eigenvalue weighted by Gasteiger charge is -2.34. The van der Waals surface area contributed by atoms with E-state index in [9.17, 15) is 9.59 Å². The van der Waals surface area contributed by atoms with Gasteiger partial charge >= 0.3 is 12.0 Å². The first-order valence-electron chi connectivity index (χ1n) is 9.96. The quantitative estimate of drug-likeness (QED) is 0.577. The van der Waals surface area contributed by atoms with Crippen LogP contribution in [-0.4, -0.2) is 37.2 Å². The largest absolute Gasteiger partial charge is 0.487 e. The van der Waals surface area contributed by atoms with Crippen LogP contribution in [0.15, 0.2) is 53.7 Å². The number of carbonyl (C=O) groups is 2. The number of likely N-dealkylation sites (N-methyl/N-ethyl adjacent to an activating group) is 1. The molecule has 3 rings (SSSR count). The number of benzene rings is 2. The van der Waals surface area contributed by atoms with Crippen LogP contribution in [0.1, 0.15) is 31.0 Å². The molecule has 0 saturated heterocycles. The molecule has 0 spiro atoms. The maximum Gasteiger partial charge on any atom is 0.338 e. The average molecular weight is 463 g/mol. The van der Waals surface area contributed by atoms with E-state index in [1.165, 1.54) is 4.90 Å². The third-order valence-electron chi connectivity index (χ3n) is 5.03. The molecule has 0 fully saturated rings. The Bertz CT molecular complexity index is 1020. The van der Waals surface area contributed by atoms with Gasteiger partial charge in [0.2, 0.25) is 0 Å². The highest BCUT2D eigenvalue weighted by molar-refractivity contribution is 6.35. The first-order chi connectivity index (χ1) is 14.8. The van der Waals surface area contributed by atoms with Gasteiger partial charge in [0, 0.05) is 17.1 Å². The molecule has 8 heteroatoms. The molecule has 164 valence electrons. The number of urea groups is 1. The number of ether oxygens (including phenoxy) is 2. The number of esters is 1.